The summed E-state index contributed by atoms with van der Waals surface area (Å²) in [5.74, 6) is 0. The minimum Gasteiger partial charge on any atom is -0.396 e. The molecule has 0 aliphatic rings. The van der Waals surface area contributed by atoms with Gasteiger partial charge in [0.25, 0.3) is 0 Å². The van der Waals surface area contributed by atoms with Gasteiger partial charge in [-0.25, -0.2) is 0 Å². The third-order valence-corrected chi connectivity index (χ3v) is 1.70. The van der Waals surface area contributed by atoms with Crippen LogP contribution in [0.25, 0.3) is 0 Å². The Morgan fingerprint density at radius 2 is 2.08 bits per heavy atom. The molecule has 4 nitrogen and oxygen atoms in total. The van der Waals surface area contributed by atoms with Crippen molar-refractivity contribution >= 4 is 0 Å². The first-order valence-corrected chi connectivity index (χ1v) is 4.15. The van der Waals surface area contributed by atoms with Crippen LogP contribution in [0.3, 0.4) is 0 Å². The summed E-state index contributed by atoms with van der Waals surface area (Å²) in [4.78, 5) is 0. The van der Waals surface area contributed by atoms with E-state index < -0.39 is 11.7 Å². The van der Waals surface area contributed by atoms with Crippen molar-refractivity contribution in [3.05, 3.63) is 0 Å². The molecule has 4 heteroatoms. The Kier molecular flexibility index (Phi) is 5.41. The van der Waals surface area contributed by atoms with Gasteiger partial charge in [0.15, 0.2) is 6.29 Å². The maximum atomic E-state index is 9.38. The molecule has 0 rings (SSSR count). The molecule has 0 spiro atoms. The Hall–Kier alpha value is -0.160. The van der Waals surface area contributed by atoms with Crippen molar-refractivity contribution in [1.29, 1.82) is 0 Å². The molecule has 0 aliphatic heterocycles. The van der Waals surface area contributed by atoms with E-state index >= 15 is 0 Å². The Balaban J connectivity index is 3.63. The van der Waals surface area contributed by atoms with E-state index in [1.807, 2.05) is 0 Å². The van der Waals surface area contributed by atoms with Crippen LogP contribution in [0.15, 0.2) is 0 Å². The molecule has 0 aliphatic carbocycles. The van der Waals surface area contributed by atoms with Gasteiger partial charge in [0, 0.05) is 5.41 Å². The van der Waals surface area contributed by atoms with Crippen LogP contribution < -0.4 is 5.73 Å². The van der Waals surface area contributed by atoms with Crippen molar-refractivity contribution in [2.24, 2.45) is 11.1 Å². The van der Waals surface area contributed by atoms with E-state index in [1.54, 1.807) is 13.8 Å². The second-order valence-corrected chi connectivity index (χ2v) is 3.51. The maximum absolute atomic E-state index is 9.38. The Morgan fingerprint density at radius 1 is 1.50 bits per heavy atom. The first kappa shape index (κ1) is 11.8. The molecule has 0 saturated heterocycles. The lowest BCUT2D eigenvalue weighted by molar-refractivity contribution is -0.175. The molecule has 0 radical (unpaired) electrons. The van der Waals surface area contributed by atoms with Crippen molar-refractivity contribution < 1.29 is 14.9 Å². The number of ether oxygens (including phenoxy) is 1. The maximum Gasteiger partial charge on any atom is 0.161 e. The Labute approximate surface area is 73.3 Å². The van der Waals surface area contributed by atoms with Crippen LogP contribution in [0.5, 0.6) is 0 Å². The van der Waals surface area contributed by atoms with Gasteiger partial charge in [0.2, 0.25) is 0 Å². The standard InChI is InChI=1S/C8H19NO3/c1-8(2,6-10)7(11)12-5-3-4-9/h7,10-11H,3-6,9H2,1-2H3. The van der Waals surface area contributed by atoms with E-state index in [9.17, 15) is 5.11 Å². The van der Waals surface area contributed by atoms with Gasteiger partial charge in [0.1, 0.15) is 0 Å². The summed E-state index contributed by atoms with van der Waals surface area (Å²) in [6, 6.07) is 0. The fraction of sp³-hybridized carbons (Fsp3) is 1.00. The smallest absolute Gasteiger partial charge is 0.161 e. The van der Waals surface area contributed by atoms with E-state index in [2.05, 4.69) is 0 Å². The third-order valence-electron chi connectivity index (χ3n) is 1.70. The van der Waals surface area contributed by atoms with Gasteiger partial charge in [-0.1, -0.05) is 13.8 Å². The minimum atomic E-state index is -0.922. The van der Waals surface area contributed by atoms with Crippen LogP contribution in [0.1, 0.15) is 20.3 Å². The van der Waals surface area contributed by atoms with Crippen LogP contribution in [0.2, 0.25) is 0 Å². The molecule has 0 bridgehead atoms. The second kappa shape index (κ2) is 5.48. The molecular formula is C8H19NO3. The molecular weight excluding hydrogens is 158 g/mol. The number of rotatable bonds is 6. The normalized spacial score (nSPS) is 14.8. The van der Waals surface area contributed by atoms with Gasteiger partial charge >= 0.3 is 0 Å². The van der Waals surface area contributed by atoms with Crippen LogP contribution in [-0.4, -0.2) is 36.3 Å². The van der Waals surface area contributed by atoms with Crippen molar-refractivity contribution in [3.63, 3.8) is 0 Å². The first-order chi connectivity index (χ1) is 5.54. The highest BCUT2D eigenvalue weighted by Gasteiger charge is 2.27. The molecule has 0 amide bonds. The molecule has 0 fully saturated rings. The van der Waals surface area contributed by atoms with E-state index in [1.165, 1.54) is 0 Å². The van der Waals surface area contributed by atoms with Gasteiger partial charge in [0.05, 0.1) is 13.2 Å². The topological polar surface area (TPSA) is 75.7 Å². The summed E-state index contributed by atoms with van der Waals surface area (Å²) in [5, 5.41) is 18.2. The molecule has 74 valence electrons. The number of aliphatic hydroxyl groups excluding tert-OH is 2. The monoisotopic (exact) mass is 177 g/mol. The van der Waals surface area contributed by atoms with Gasteiger partial charge in [-0.15, -0.1) is 0 Å². The predicted molar refractivity (Wildman–Crippen MR) is 46.5 cm³/mol. The van der Waals surface area contributed by atoms with Gasteiger partial charge in [-0.3, -0.25) is 0 Å². The minimum absolute atomic E-state index is 0.100. The Bertz CT molecular complexity index is 117. The lowest BCUT2D eigenvalue weighted by Gasteiger charge is -2.27. The summed E-state index contributed by atoms with van der Waals surface area (Å²) in [6.07, 6.45) is -0.201. The summed E-state index contributed by atoms with van der Waals surface area (Å²) < 4.78 is 5.05. The van der Waals surface area contributed by atoms with Gasteiger partial charge < -0.3 is 20.7 Å². The zero-order valence-electron chi connectivity index (χ0n) is 7.79. The average molecular weight is 177 g/mol. The number of nitrogens with two attached hydrogens (primary N) is 1. The number of hydrogen-bond donors (Lipinski definition) is 3. The van der Waals surface area contributed by atoms with E-state index in [0.29, 0.717) is 13.2 Å². The summed E-state index contributed by atoms with van der Waals surface area (Å²) in [5.41, 5.74) is 4.64. The third kappa shape index (κ3) is 4.01. The van der Waals surface area contributed by atoms with Crippen molar-refractivity contribution in [1.82, 2.24) is 0 Å². The summed E-state index contributed by atoms with van der Waals surface area (Å²) >= 11 is 0. The van der Waals surface area contributed by atoms with Crippen LogP contribution in [-0.2, 0) is 4.74 Å². The lowest BCUT2D eigenvalue weighted by Crippen LogP contribution is -2.35. The average Bonchev–Trinajstić information content (AvgIpc) is 2.05. The van der Waals surface area contributed by atoms with Crippen molar-refractivity contribution in [2.75, 3.05) is 19.8 Å². The number of hydrogen-bond acceptors (Lipinski definition) is 4. The van der Waals surface area contributed by atoms with Crippen LogP contribution in [0.4, 0.5) is 0 Å². The van der Waals surface area contributed by atoms with Crippen LogP contribution in [0, 0.1) is 5.41 Å². The van der Waals surface area contributed by atoms with Gasteiger partial charge in [-0.05, 0) is 13.0 Å². The lowest BCUT2D eigenvalue weighted by atomic mass is 9.94. The number of aliphatic hydroxyl groups is 2. The predicted octanol–water partition coefficient (Wildman–Crippen LogP) is -0.311. The quantitative estimate of drug-likeness (QED) is 0.384. The zero-order valence-corrected chi connectivity index (χ0v) is 7.79. The van der Waals surface area contributed by atoms with E-state index in [0.717, 1.165) is 6.42 Å². The second-order valence-electron chi connectivity index (χ2n) is 3.51. The van der Waals surface area contributed by atoms with Gasteiger partial charge in [-0.2, -0.15) is 0 Å². The summed E-state index contributed by atoms with van der Waals surface area (Å²) in [6.45, 7) is 4.35. The molecule has 0 heterocycles. The highest BCUT2D eigenvalue weighted by molar-refractivity contribution is 4.69. The van der Waals surface area contributed by atoms with Crippen molar-refractivity contribution in [3.8, 4) is 0 Å². The molecule has 4 N–H and O–H groups in total. The largest absolute Gasteiger partial charge is 0.396 e. The SMILES string of the molecule is CC(C)(CO)C(O)OCCCN. The van der Waals surface area contributed by atoms with Crippen LogP contribution >= 0.6 is 0 Å². The van der Waals surface area contributed by atoms with E-state index in [4.69, 9.17) is 15.6 Å². The fourth-order valence-corrected chi connectivity index (χ4v) is 0.582. The first-order valence-electron chi connectivity index (χ1n) is 4.15. The molecule has 1 unspecified atom stereocenters. The van der Waals surface area contributed by atoms with E-state index in [-0.39, 0.29) is 6.61 Å². The molecule has 0 aromatic rings. The van der Waals surface area contributed by atoms with Crippen molar-refractivity contribution in [2.45, 2.75) is 26.6 Å². The highest BCUT2D eigenvalue weighted by Crippen LogP contribution is 2.20. The molecule has 1 atom stereocenters. The zero-order chi connectivity index (χ0) is 9.61. The fourth-order valence-electron chi connectivity index (χ4n) is 0.582. The summed E-state index contributed by atoms with van der Waals surface area (Å²) in [7, 11) is 0. The molecule has 0 saturated carbocycles. The highest BCUT2D eigenvalue weighted by atomic mass is 16.6. The molecule has 0 aromatic carbocycles. The molecule has 0 aromatic heterocycles. The Morgan fingerprint density at radius 3 is 2.50 bits per heavy atom. The molecule has 12 heavy (non-hydrogen) atoms.